The Kier molecular flexibility index (Phi) is 17.8. The number of rotatable bonds is 8. The van der Waals surface area contributed by atoms with Crippen LogP contribution in [0.3, 0.4) is 0 Å². The molecule has 4 amide bonds. The zero-order valence-corrected chi connectivity index (χ0v) is 30.5. The first-order valence-electron chi connectivity index (χ1n) is 16.1. The van der Waals surface area contributed by atoms with Gasteiger partial charge in [0.2, 0.25) is 17.4 Å². The second-order valence-electron chi connectivity index (χ2n) is 12.3. The molecule has 0 aliphatic carbocycles. The van der Waals surface area contributed by atoms with E-state index >= 15 is 0 Å². The van der Waals surface area contributed by atoms with Gasteiger partial charge in [-0.1, -0.05) is 41.5 Å². The first kappa shape index (κ1) is 46.0. The predicted octanol–water partition coefficient (Wildman–Crippen LogP) is 5.53. The van der Waals surface area contributed by atoms with Crippen LogP contribution in [0.15, 0.2) is 42.5 Å². The Morgan fingerprint density at radius 3 is 1.44 bits per heavy atom. The summed E-state index contributed by atoms with van der Waals surface area (Å²) in [7, 11) is 0. The summed E-state index contributed by atoms with van der Waals surface area (Å²) in [6.45, 7) is 13.1. The first-order valence-corrected chi connectivity index (χ1v) is 16.1. The molecule has 0 bridgehead atoms. The Morgan fingerprint density at radius 1 is 0.685 bits per heavy atom. The number of ether oxygens (including phenoxy) is 2. The lowest BCUT2D eigenvalue weighted by Crippen LogP contribution is -2.36. The third kappa shape index (κ3) is 13.8. The molecule has 0 radical (unpaired) electrons. The number of imide groups is 2. The van der Waals surface area contributed by atoms with Crippen LogP contribution in [-0.4, -0.2) is 62.5 Å². The number of amides is 4. The van der Waals surface area contributed by atoms with Gasteiger partial charge in [0, 0.05) is 49.2 Å². The molecule has 2 aromatic carbocycles. The number of esters is 2. The number of hydrogen-bond donors (Lipinski definition) is 0. The van der Waals surface area contributed by atoms with Crippen LogP contribution in [0.1, 0.15) is 68.2 Å². The van der Waals surface area contributed by atoms with E-state index in [0.717, 1.165) is 0 Å². The van der Waals surface area contributed by atoms with Crippen molar-refractivity contribution in [1.82, 2.24) is 9.96 Å². The van der Waals surface area contributed by atoms with E-state index in [9.17, 15) is 61.2 Å². The Morgan fingerprint density at radius 2 is 1.09 bits per heavy atom. The van der Waals surface area contributed by atoms with Crippen molar-refractivity contribution < 1.29 is 70.4 Å². The molecule has 2 aromatic rings. The van der Waals surface area contributed by atoms with Gasteiger partial charge in [0.15, 0.2) is 11.6 Å². The van der Waals surface area contributed by atoms with E-state index in [-0.39, 0.29) is 60.3 Å². The molecule has 2 aliphatic heterocycles. The molecule has 1 fully saturated rings. The lowest BCUT2D eigenvalue weighted by Gasteiger charge is -2.17. The number of nitro groups is 1. The maximum absolute atomic E-state index is 13.0. The molecule has 294 valence electrons. The third-order valence-corrected chi connectivity index (χ3v) is 6.50. The molecule has 0 N–H and O–H groups in total. The average molecular weight is 770 g/mol. The standard InChI is InChI=1S/C10H8F4O2.C10H11NO4.C8H11NO4.C7H9NO2/c1-4(2)10(15)16-9-7(13)5(11)3-6(12)8(9)14;1-7(2)10(12)15-9-5-3-8(4-6-9)11(13)14;1-5(2)8(12)13-9-6(10)3-4-7(9)11;1-5(2)8-6(9)3-4-7(8)10/h3-4H,1-2H3;3-7H,1-2H3;5H,3-4H2,1-2H3;3-5H,1-2H3. The quantitative estimate of drug-likeness (QED) is 0.0620. The summed E-state index contributed by atoms with van der Waals surface area (Å²) < 4.78 is 60.6. The topological polar surface area (TPSA) is 197 Å². The maximum atomic E-state index is 13.0. The number of nitrogens with zero attached hydrogens (tertiary/aromatic N) is 3. The molecular weight excluding hydrogens is 730 g/mol. The molecule has 2 aliphatic rings. The molecule has 15 nitrogen and oxygen atoms in total. The SMILES string of the molecule is CC(C)C(=O)ON1C(=O)CCC1=O.CC(C)C(=O)Oc1c(F)c(F)cc(F)c1F.CC(C)C(=O)Oc1ccc([N+](=O)[O-])cc1.CC(C)N1C(=O)C=CC1=O. The minimum Gasteiger partial charge on any atom is -0.426 e. The van der Waals surface area contributed by atoms with Gasteiger partial charge < -0.3 is 14.3 Å². The summed E-state index contributed by atoms with van der Waals surface area (Å²) in [5, 5.41) is 10.9. The summed E-state index contributed by atoms with van der Waals surface area (Å²) in [5.74, 6) is -12.2. The van der Waals surface area contributed by atoms with Gasteiger partial charge in [-0.15, -0.1) is 5.06 Å². The molecule has 1 saturated heterocycles. The van der Waals surface area contributed by atoms with Crippen molar-refractivity contribution >= 4 is 47.2 Å². The summed E-state index contributed by atoms with van der Waals surface area (Å²) in [5.41, 5.74) is -0.0284. The summed E-state index contributed by atoms with van der Waals surface area (Å²) in [6, 6.07) is 5.40. The Hall–Kier alpha value is -6.01. The number of halogens is 4. The number of carbonyl (C=O) groups excluding carboxylic acids is 7. The van der Waals surface area contributed by atoms with E-state index in [1.165, 1.54) is 55.2 Å². The second-order valence-corrected chi connectivity index (χ2v) is 12.3. The highest BCUT2D eigenvalue weighted by Gasteiger charge is 2.33. The van der Waals surface area contributed by atoms with Gasteiger partial charge in [0.1, 0.15) is 5.75 Å². The minimum atomic E-state index is -1.73. The number of hydrogen-bond acceptors (Lipinski definition) is 12. The van der Waals surface area contributed by atoms with Crippen LogP contribution >= 0.6 is 0 Å². The van der Waals surface area contributed by atoms with Gasteiger partial charge in [-0.25, -0.2) is 13.6 Å². The number of benzene rings is 2. The highest BCUT2D eigenvalue weighted by molar-refractivity contribution is 6.13. The van der Waals surface area contributed by atoms with Crippen molar-refractivity contribution in [3.8, 4) is 11.5 Å². The first-order chi connectivity index (χ1) is 25.0. The molecule has 0 atom stereocenters. The molecular formula is C35H39F4N3O12. The van der Waals surface area contributed by atoms with Crippen LogP contribution in [0.2, 0.25) is 0 Å². The lowest BCUT2D eigenvalue weighted by molar-refractivity contribution is -0.384. The van der Waals surface area contributed by atoms with Gasteiger partial charge in [-0.3, -0.25) is 43.8 Å². The fourth-order valence-electron chi connectivity index (χ4n) is 3.50. The van der Waals surface area contributed by atoms with Gasteiger partial charge in [0.05, 0.1) is 22.7 Å². The average Bonchev–Trinajstić information content (AvgIpc) is 3.61. The molecule has 19 heteroatoms. The van der Waals surface area contributed by atoms with Crippen LogP contribution in [-0.2, 0) is 38.4 Å². The fraction of sp³-hybridized carbons (Fsp3) is 0.400. The molecule has 54 heavy (non-hydrogen) atoms. The van der Waals surface area contributed by atoms with E-state index in [0.29, 0.717) is 10.8 Å². The fourth-order valence-corrected chi connectivity index (χ4v) is 3.50. The Bertz CT molecular complexity index is 1720. The zero-order valence-electron chi connectivity index (χ0n) is 30.5. The number of hydroxylamine groups is 2. The van der Waals surface area contributed by atoms with Crippen molar-refractivity contribution in [2.24, 2.45) is 17.8 Å². The second kappa shape index (κ2) is 20.9. The van der Waals surface area contributed by atoms with Crippen LogP contribution in [0.4, 0.5) is 23.2 Å². The van der Waals surface area contributed by atoms with Crippen LogP contribution in [0, 0.1) is 51.1 Å². The molecule has 0 aromatic heterocycles. The van der Waals surface area contributed by atoms with Gasteiger partial charge in [0.25, 0.3) is 29.3 Å². The largest absolute Gasteiger partial charge is 0.426 e. The van der Waals surface area contributed by atoms with Crippen molar-refractivity contribution in [2.75, 3.05) is 0 Å². The molecule has 0 saturated carbocycles. The summed E-state index contributed by atoms with van der Waals surface area (Å²) >= 11 is 0. The Labute approximate surface area is 306 Å². The van der Waals surface area contributed by atoms with Gasteiger partial charge in [-0.2, -0.15) is 8.78 Å². The maximum Gasteiger partial charge on any atom is 0.335 e. The van der Waals surface area contributed by atoms with E-state index in [2.05, 4.69) is 9.57 Å². The van der Waals surface area contributed by atoms with E-state index in [1.807, 2.05) is 13.8 Å². The number of non-ortho nitro benzene ring substituents is 1. The van der Waals surface area contributed by atoms with Crippen molar-refractivity contribution in [1.29, 1.82) is 0 Å². The predicted molar refractivity (Wildman–Crippen MR) is 178 cm³/mol. The third-order valence-electron chi connectivity index (χ3n) is 6.50. The monoisotopic (exact) mass is 769 g/mol. The number of carbonyl (C=O) groups is 7. The number of nitro benzene ring substituents is 1. The van der Waals surface area contributed by atoms with E-state index in [4.69, 9.17) is 4.74 Å². The van der Waals surface area contributed by atoms with Crippen molar-refractivity contribution in [2.45, 2.75) is 74.3 Å². The van der Waals surface area contributed by atoms with Crippen LogP contribution < -0.4 is 9.47 Å². The van der Waals surface area contributed by atoms with Gasteiger partial charge in [-0.05, 0) is 26.0 Å². The van der Waals surface area contributed by atoms with Crippen LogP contribution in [0.25, 0.3) is 0 Å². The van der Waals surface area contributed by atoms with E-state index < -0.39 is 63.6 Å². The molecule has 4 rings (SSSR count). The highest BCUT2D eigenvalue weighted by Crippen LogP contribution is 2.27. The summed E-state index contributed by atoms with van der Waals surface area (Å²) in [4.78, 5) is 92.5. The zero-order chi connectivity index (χ0) is 41.6. The lowest BCUT2D eigenvalue weighted by atomic mass is 10.2. The highest BCUT2D eigenvalue weighted by atomic mass is 19.2. The van der Waals surface area contributed by atoms with Crippen LogP contribution in [0.5, 0.6) is 11.5 Å². The Balaban J connectivity index is 0.000000365. The van der Waals surface area contributed by atoms with E-state index in [1.54, 1.807) is 27.7 Å². The summed E-state index contributed by atoms with van der Waals surface area (Å²) in [6.07, 6.45) is 2.85. The van der Waals surface area contributed by atoms with Gasteiger partial charge >= 0.3 is 17.9 Å². The molecule has 0 unspecified atom stereocenters. The van der Waals surface area contributed by atoms with Crippen molar-refractivity contribution in [3.05, 3.63) is 75.9 Å². The van der Waals surface area contributed by atoms with Crippen molar-refractivity contribution in [3.63, 3.8) is 0 Å². The molecule has 2 heterocycles. The normalized spacial score (nSPS) is 13.3. The minimum absolute atomic E-state index is 0.0284. The molecule has 0 spiro atoms. The smallest absolute Gasteiger partial charge is 0.335 e.